The Morgan fingerprint density at radius 2 is 2.03 bits per heavy atom. The zero-order valence-corrected chi connectivity index (χ0v) is 17.4. The number of nitrogens with two attached hydrogens (primary N) is 1. The van der Waals surface area contributed by atoms with Crippen LogP contribution in [0.4, 0.5) is 5.13 Å². The Bertz CT molecular complexity index is 824. The number of carbonyl (C=O) groups excluding carboxylic acids is 2. The molecule has 2 heterocycles. The van der Waals surface area contributed by atoms with Crippen LogP contribution in [0, 0.1) is 0 Å². The molecule has 0 radical (unpaired) electrons. The molecule has 1 fully saturated rings. The molecule has 3 rings (SSSR count). The molecular weight excluding hydrogens is 390 g/mol. The number of hydrogen-bond acceptors (Lipinski definition) is 7. The highest BCUT2D eigenvalue weighted by Crippen LogP contribution is 2.28. The van der Waals surface area contributed by atoms with Gasteiger partial charge in [0.2, 0.25) is 16.9 Å². The summed E-state index contributed by atoms with van der Waals surface area (Å²) in [6.45, 7) is 1.27. The minimum Gasteiger partial charge on any atom is -0.497 e. The van der Waals surface area contributed by atoms with E-state index < -0.39 is 6.04 Å². The molecule has 1 aliphatic rings. The quantitative estimate of drug-likeness (QED) is 0.607. The molecule has 1 unspecified atom stereocenters. The number of likely N-dealkylation sites (tertiary alicyclic amines) is 1. The van der Waals surface area contributed by atoms with Crippen LogP contribution < -0.4 is 15.8 Å². The van der Waals surface area contributed by atoms with Gasteiger partial charge >= 0.3 is 0 Å². The molecule has 29 heavy (non-hydrogen) atoms. The lowest BCUT2D eigenvalue weighted by Gasteiger charge is -2.23. The number of nitrogens with zero attached hydrogens (tertiary/aromatic N) is 3. The highest BCUT2D eigenvalue weighted by Gasteiger charge is 2.34. The van der Waals surface area contributed by atoms with Gasteiger partial charge in [0.25, 0.3) is 0 Å². The van der Waals surface area contributed by atoms with Gasteiger partial charge in [0.15, 0.2) is 0 Å². The van der Waals surface area contributed by atoms with Gasteiger partial charge in [-0.2, -0.15) is 0 Å². The first-order chi connectivity index (χ1) is 14.1. The predicted molar refractivity (Wildman–Crippen MR) is 113 cm³/mol. The van der Waals surface area contributed by atoms with Crippen molar-refractivity contribution in [3.63, 3.8) is 0 Å². The minimum atomic E-state index is -0.439. The van der Waals surface area contributed by atoms with Gasteiger partial charge in [-0.05, 0) is 56.5 Å². The number of anilines is 1. The van der Waals surface area contributed by atoms with E-state index in [0.29, 0.717) is 36.1 Å². The van der Waals surface area contributed by atoms with Crippen LogP contribution in [0.1, 0.15) is 38.5 Å². The van der Waals surface area contributed by atoms with Crippen LogP contribution in [0.5, 0.6) is 5.75 Å². The van der Waals surface area contributed by atoms with Crippen molar-refractivity contribution >= 4 is 28.3 Å². The summed E-state index contributed by atoms with van der Waals surface area (Å²) in [5.41, 5.74) is 6.39. The monoisotopic (exact) mass is 417 g/mol. The number of carbonyl (C=O) groups is 2. The van der Waals surface area contributed by atoms with Crippen molar-refractivity contribution in [1.82, 2.24) is 15.1 Å². The molecule has 1 aromatic heterocycles. The van der Waals surface area contributed by atoms with E-state index in [1.165, 1.54) is 11.3 Å². The van der Waals surface area contributed by atoms with Gasteiger partial charge in [0.1, 0.15) is 16.8 Å². The first kappa shape index (κ1) is 21.2. The lowest BCUT2D eigenvalue weighted by molar-refractivity contribution is -0.136. The summed E-state index contributed by atoms with van der Waals surface area (Å²) in [5, 5.41) is 12.2. The van der Waals surface area contributed by atoms with Gasteiger partial charge in [-0.15, -0.1) is 10.2 Å². The second kappa shape index (κ2) is 10.3. The van der Waals surface area contributed by atoms with Gasteiger partial charge in [-0.3, -0.25) is 14.9 Å². The van der Waals surface area contributed by atoms with Crippen molar-refractivity contribution in [1.29, 1.82) is 0 Å². The fourth-order valence-electron chi connectivity index (χ4n) is 3.39. The van der Waals surface area contributed by atoms with Crippen LogP contribution in [-0.2, 0) is 9.59 Å². The van der Waals surface area contributed by atoms with Gasteiger partial charge in [0.05, 0.1) is 7.11 Å². The van der Waals surface area contributed by atoms with Crippen LogP contribution in [0.15, 0.2) is 24.3 Å². The zero-order chi connectivity index (χ0) is 20.6. The average Bonchev–Trinajstić information content (AvgIpc) is 3.41. The summed E-state index contributed by atoms with van der Waals surface area (Å²) < 4.78 is 5.16. The van der Waals surface area contributed by atoms with E-state index in [-0.39, 0.29) is 11.8 Å². The third-order valence-electron chi connectivity index (χ3n) is 4.96. The van der Waals surface area contributed by atoms with Gasteiger partial charge in [0, 0.05) is 18.5 Å². The number of amides is 2. The highest BCUT2D eigenvalue weighted by molar-refractivity contribution is 7.18. The van der Waals surface area contributed by atoms with Crippen LogP contribution in [-0.4, -0.2) is 53.2 Å². The molecule has 9 heteroatoms. The summed E-state index contributed by atoms with van der Waals surface area (Å²) in [6, 6.07) is 7.06. The zero-order valence-electron chi connectivity index (χ0n) is 16.6. The van der Waals surface area contributed by atoms with Crippen LogP contribution >= 0.6 is 11.3 Å². The van der Waals surface area contributed by atoms with Crippen molar-refractivity contribution in [3.8, 4) is 16.3 Å². The maximum atomic E-state index is 12.7. The SMILES string of the molecule is COc1ccc(-c2nnc(NC(=O)C3CCCN3C(=O)CCCCCN)s2)cc1. The van der Waals surface area contributed by atoms with Crippen molar-refractivity contribution in [3.05, 3.63) is 24.3 Å². The Kier molecular flexibility index (Phi) is 7.54. The van der Waals surface area contributed by atoms with E-state index in [1.54, 1.807) is 12.0 Å². The number of rotatable bonds is 9. The van der Waals surface area contributed by atoms with E-state index in [4.69, 9.17) is 10.5 Å². The second-order valence-electron chi connectivity index (χ2n) is 6.97. The molecule has 1 atom stereocenters. The van der Waals surface area contributed by atoms with Crippen LogP contribution in [0.3, 0.4) is 0 Å². The molecule has 1 aliphatic heterocycles. The molecule has 2 amide bonds. The third kappa shape index (κ3) is 5.51. The summed E-state index contributed by atoms with van der Waals surface area (Å²) >= 11 is 1.31. The summed E-state index contributed by atoms with van der Waals surface area (Å²) in [7, 11) is 1.62. The minimum absolute atomic E-state index is 0.0378. The fourth-order valence-corrected chi connectivity index (χ4v) is 4.14. The summed E-state index contributed by atoms with van der Waals surface area (Å²) in [6.07, 6.45) is 4.63. The lowest BCUT2D eigenvalue weighted by Crippen LogP contribution is -2.43. The number of nitrogens with one attached hydrogen (secondary N) is 1. The van der Waals surface area contributed by atoms with Gasteiger partial charge in [-0.1, -0.05) is 17.8 Å². The third-order valence-corrected chi connectivity index (χ3v) is 5.85. The smallest absolute Gasteiger partial charge is 0.249 e. The Hall–Kier alpha value is -2.52. The van der Waals surface area contributed by atoms with Crippen LogP contribution in [0.25, 0.3) is 10.6 Å². The number of hydrogen-bond donors (Lipinski definition) is 2. The van der Waals surface area contributed by atoms with Gasteiger partial charge < -0.3 is 15.4 Å². The van der Waals surface area contributed by atoms with E-state index in [0.717, 1.165) is 37.0 Å². The van der Waals surface area contributed by atoms with Gasteiger partial charge in [-0.25, -0.2) is 0 Å². The topological polar surface area (TPSA) is 110 Å². The largest absolute Gasteiger partial charge is 0.497 e. The lowest BCUT2D eigenvalue weighted by atomic mass is 10.1. The molecule has 0 bridgehead atoms. The molecule has 1 aromatic carbocycles. The molecule has 8 nitrogen and oxygen atoms in total. The standard InChI is InChI=1S/C20H27N5O3S/c1-28-15-10-8-14(9-11-15)19-23-24-20(29-19)22-18(27)16-6-5-13-25(16)17(26)7-3-2-4-12-21/h8-11,16H,2-7,12-13,21H2,1H3,(H,22,24,27). The van der Waals surface area contributed by atoms with Crippen molar-refractivity contribution in [2.45, 2.75) is 44.6 Å². The summed E-state index contributed by atoms with van der Waals surface area (Å²) in [4.78, 5) is 26.9. The second-order valence-corrected chi connectivity index (χ2v) is 7.95. The van der Waals surface area contributed by atoms with Crippen molar-refractivity contribution in [2.75, 3.05) is 25.5 Å². The van der Waals surface area contributed by atoms with E-state index >= 15 is 0 Å². The fraction of sp³-hybridized carbons (Fsp3) is 0.500. The first-order valence-corrected chi connectivity index (χ1v) is 10.7. The molecule has 2 aromatic rings. The number of benzene rings is 1. The molecule has 3 N–H and O–H groups in total. The Morgan fingerprint density at radius 3 is 2.76 bits per heavy atom. The normalized spacial score (nSPS) is 16.1. The number of unbranched alkanes of at least 4 members (excludes halogenated alkanes) is 2. The predicted octanol–water partition coefficient (Wildman–Crippen LogP) is 2.66. The Balaban J connectivity index is 1.57. The van der Waals surface area contributed by atoms with E-state index in [1.807, 2.05) is 24.3 Å². The number of aromatic nitrogens is 2. The van der Waals surface area contributed by atoms with Crippen LogP contribution in [0.2, 0.25) is 0 Å². The maximum absolute atomic E-state index is 12.7. The summed E-state index contributed by atoms with van der Waals surface area (Å²) in [5.74, 6) is 0.604. The Labute approximate surface area is 174 Å². The number of methoxy groups -OCH3 is 1. The molecule has 0 aliphatic carbocycles. The molecular formula is C20H27N5O3S. The highest BCUT2D eigenvalue weighted by atomic mass is 32.1. The van der Waals surface area contributed by atoms with E-state index in [9.17, 15) is 9.59 Å². The van der Waals surface area contributed by atoms with Crippen molar-refractivity contribution in [2.24, 2.45) is 5.73 Å². The maximum Gasteiger partial charge on any atom is 0.249 e. The van der Waals surface area contributed by atoms with Crippen molar-refractivity contribution < 1.29 is 14.3 Å². The molecule has 0 saturated carbocycles. The first-order valence-electron chi connectivity index (χ1n) is 9.90. The molecule has 156 valence electrons. The van der Waals surface area contributed by atoms with E-state index in [2.05, 4.69) is 15.5 Å². The number of ether oxygens (including phenoxy) is 1. The average molecular weight is 418 g/mol. The molecule has 1 saturated heterocycles. The molecule has 0 spiro atoms. The Morgan fingerprint density at radius 1 is 1.24 bits per heavy atom.